The van der Waals surface area contributed by atoms with E-state index in [-0.39, 0.29) is 12.2 Å². The molecular weight excluding hydrogens is 516 g/mol. The summed E-state index contributed by atoms with van der Waals surface area (Å²) < 4.78 is 32.8. The summed E-state index contributed by atoms with van der Waals surface area (Å²) in [5.74, 6) is -1.87. The van der Waals surface area contributed by atoms with Crippen LogP contribution in [-0.4, -0.2) is 141 Å². The van der Waals surface area contributed by atoms with Crippen molar-refractivity contribution in [2.75, 3.05) is 26.9 Å². The number of rotatable bonds is 8. The Bertz CT molecular complexity index is 890. The number of allylic oxidation sites excluding steroid dienone is 1. The first-order valence-electron chi connectivity index (χ1n) is 12.1. The Morgan fingerprint density at radius 1 is 0.868 bits per heavy atom. The van der Waals surface area contributed by atoms with Gasteiger partial charge in [0.2, 0.25) is 6.29 Å². The monoisotopic (exact) mass is 550 g/mol. The maximum Gasteiger partial charge on any atom is 0.337 e. The molecule has 4 aliphatic rings. The number of aliphatic hydroxyl groups excluding tert-OH is 8. The van der Waals surface area contributed by atoms with Gasteiger partial charge in [0.05, 0.1) is 44.7 Å². The zero-order chi connectivity index (χ0) is 27.7. The van der Waals surface area contributed by atoms with Gasteiger partial charge >= 0.3 is 5.97 Å². The Labute approximate surface area is 217 Å². The Hall–Kier alpha value is -1.73. The zero-order valence-corrected chi connectivity index (χ0v) is 20.4. The highest BCUT2D eigenvalue weighted by Gasteiger charge is 2.50. The molecule has 0 saturated carbocycles. The second-order valence-electron chi connectivity index (χ2n) is 9.56. The van der Waals surface area contributed by atoms with E-state index in [9.17, 15) is 45.6 Å². The van der Waals surface area contributed by atoms with Gasteiger partial charge < -0.3 is 69.3 Å². The fourth-order valence-electron chi connectivity index (χ4n) is 5.10. The van der Waals surface area contributed by atoms with Crippen molar-refractivity contribution < 1.29 is 74.1 Å². The number of carbonyl (C=O) groups excluding carboxylic acids is 1. The van der Waals surface area contributed by atoms with E-state index in [2.05, 4.69) is 0 Å². The van der Waals surface area contributed by atoms with Crippen LogP contribution in [0.3, 0.4) is 0 Å². The molecule has 15 nitrogen and oxygen atoms in total. The molecule has 3 heterocycles. The van der Waals surface area contributed by atoms with E-state index in [0.717, 1.165) is 6.26 Å². The molecule has 0 amide bonds. The van der Waals surface area contributed by atoms with Crippen molar-refractivity contribution in [3.8, 4) is 0 Å². The second-order valence-corrected chi connectivity index (χ2v) is 9.56. The van der Waals surface area contributed by atoms with Crippen molar-refractivity contribution in [2.24, 2.45) is 11.8 Å². The largest absolute Gasteiger partial charge is 0.471 e. The summed E-state index contributed by atoms with van der Waals surface area (Å²) in [6.07, 6.45) is -13.0. The fourth-order valence-corrected chi connectivity index (χ4v) is 5.10. The van der Waals surface area contributed by atoms with E-state index in [1.807, 2.05) is 0 Å². The van der Waals surface area contributed by atoms with E-state index >= 15 is 0 Å². The summed E-state index contributed by atoms with van der Waals surface area (Å²) in [4.78, 5) is 12.4. The lowest BCUT2D eigenvalue weighted by Gasteiger charge is -2.43. The van der Waals surface area contributed by atoms with Crippen LogP contribution >= 0.6 is 0 Å². The molecule has 8 N–H and O–H groups in total. The highest BCUT2D eigenvalue weighted by atomic mass is 16.8. The SMILES string of the molecule is COC(=O)C1=CO[C@H](O[C@@H]2O[C@H](CO)[C@@H](O)[C@H](O)[C@H]2O)[C@@H]2C(CO[C@@H]3O[C@H](CO)[C@@H](O)[C@H](O)[C@H]3O)=CC[C@H]12. The number of hydrogen-bond acceptors (Lipinski definition) is 15. The standard InChI is InChI=1S/C23H34O15/c1-33-20(32)10-7-35-21(38-23-19(31)17(29)15(27)12(5-25)37-23)13-8(2-3-9(10)13)6-34-22-18(30)16(28)14(26)11(4-24)36-22/h2,7,9,11-19,21-31H,3-6H2,1H3/t9-,11-,12-,13-,14-,15-,16+,17+,18-,19-,21-,22-,23+/m1/s1. The highest BCUT2D eigenvalue weighted by Crippen LogP contribution is 2.45. The van der Waals surface area contributed by atoms with Crippen LogP contribution in [0.15, 0.2) is 23.5 Å². The lowest BCUT2D eigenvalue weighted by molar-refractivity contribution is -0.340. The third kappa shape index (κ3) is 5.47. The molecule has 3 aliphatic heterocycles. The number of hydrogen-bond donors (Lipinski definition) is 8. The van der Waals surface area contributed by atoms with Gasteiger partial charge in [-0.05, 0) is 12.0 Å². The molecule has 0 spiro atoms. The molecule has 13 atom stereocenters. The predicted octanol–water partition coefficient (Wildman–Crippen LogP) is -4.40. The van der Waals surface area contributed by atoms with Gasteiger partial charge in [0, 0.05) is 5.92 Å². The van der Waals surface area contributed by atoms with Crippen LogP contribution in [0.25, 0.3) is 0 Å². The summed E-state index contributed by atoms with van der Waals surface area (Å²) in [6, 6.07) is 0. The van der Waals surface area contributed by atoms with Gasteiger partial charge in [-0.25, -0.2) is 4.79 Å². The van der Waals surface area contributed by atoms with Crippen LogP contribution in [0.5, 0.6) is 0 Å². The lowest BCUT2D eigenvalue weighted by atomic mass is 9.83. The summed E-state index contributed by atoms with van der Waals surface area (Å²) >= 11 is 0. The summed E-state index contributed by atoms with van der Waals surface area (Å²) in [7, 11) is 1.21. The van der Waals surface area contributed by atoms with Crippen LogP contribution in [0, 0.1) is 11.8 Å². The van der Waals surface area contributed by atoms with Crippen molar-refractivity contribution in [1.82, 2.24) is 0 Å². The lowest BCUT2D eigenvalue weighted by Crippen LogP contribution is -2.60. The fraction of sp³-hybridized carbons (Fsp3) is 0.783. The van der Waals surface area contributed by atoms with E-state index in [4.69, 9.17) is 28.4 Å². The molecule has 38 heavy (non-hydrogen) atoms. The van der Waals surface area contributed by atoms with Crippen molar-refractivity contribution in [3.05, 3.63) is 23.5 Å². The van der Waals surface area contributed by atoms with E-state index in [1.165, 1.54) is 7.11 Å². The smallest absolute Gasteiger partial charge is 0.337 e. The first-order valence-corrected chi connectivity index (χ1v) is 12.1. The first kappa shape index (κ1) is 29.3. The van der Waals surface area contributed by atoms with Gasteiger partial charge in [-0.1, -0.05) is 6.08 Å². The van der Waals surface area contributed by atoms with Gasteiger partial charge in [-0.3, -0.25) is 0 Å². The molecule has 2 fully saturated rings. The minimum atomic E-state index is -1.69. The van der Waals surface area contributed by atoms with Gasteiger partial charge in [-0.2, -0.15) is 0 Å². The third-order valence-corrected chi connectivity index (χ3v) is 7.32. The quantitative estimate of drug-likeness (QED) is 0.105. The Balaban J connectivity index is 1.51. The van der Waals surface area contributed by atoms with Crippen LogP contribution in [0.1, 0.15) is 6.42 Å². The minimum absolute atomic E-state index is 0.199. The molecule has 0 aromatic heterocycles. The minimum Gasteiger partial charge on any atom is -0.471 e. The molecule has 0 radical (unpaired) electrons. The molecule has 0 unspecified atom stereocenters. The second kappa shape index (κ2) is 12.2. The van der Waals surface area contributed by atoms with E-state index in [0.29, 0.717) is 12.0 Å². The van der Waals surface area contributed by atoms with E-state index in [1.54, 1.807) is 6.08 Å². The van der Waals surface area contributed by atoms with Crippen LogP contribution < -0.4 is 0 Å². The van der Waals surface area contributed by atoms with Gasteiger partial charge in [0.25, 0.3) is 0 Å². The molecule has 216 valence electrons. The van der Waals surface area contributed by atoms with Gasteiger partial charge in [0.1, 0.15) is 48.8 Å². The molecule has 0 aromatic carbocycles. The number of esters is 1. The normalized spacial score (nSPS) is 45.0. The van der Waals surface area contributed by atoms with Crippen molar-refractivity contribution in [2.45, 2.75) is 74.1 Å². The number of aliphatic hydroxyl groups is 8. The van der Waals surface area contributed by atoms with Gasteiger partial charge in [0.15, 0.2) is 12.6 Å². The maximum atomic E-state index is 12.4. The molecular formula is C23H34O15. The molecule has 0 aromatic rings. The topological polar surface area (TPSA) is 234 Å². The molecule has 0 bridgehead atoms. The van der Waals surface area contributed by atoms with Crippen molar-refractivity contribution >= 4 is 5.97 Å². The Morgan fingerprint density at radius 2 is 1.45 bits per heavy atom. The molecule has 15 heteroatoms. The number of ether oxygens (including phenoxy) is 6. The molecule has 1 aliphatic carbocycles. The maximum absolute atomic E-state index is 12.4. The number of carbonyl (C=O) groups is 1. The summed E-state index contributed by atoms with van der Waals surface area (Å²) in [6.45, 7) is -1.50. The average Bonchev–Trinajstić information content (AvgIpc) is 3.35. The highest BCUT2D eigenvalue weighted by molar-refractivity contribution is 5.89. The molecule has 2 saturated heterocycles. The first-order chi connectivity index (χ1) is 18.1. The van der Waals surface area contributed by atoms with Crippen molar-refractivity contribution in [1.29, 1.82) is 0 Å². The Morgan fingerprint density at radius 3 is 2.03 bits per heavy atom. The van der Waals surface area contributed by atoms with Crippen molar-refractivity contribution in [3.63, 3.8) is 0 Å². The Kier molecular flexibility index (Phi) is 9.39. The zero-order valence-electron chi connectivity index (χ0n) is 20.4. The summed E-state index contributed by atoms with van der Waals surface area (Å²) in [5, 5.41) is 79.7. The van der Waals surface area contributed by atoms with Gasteiger partial charge in [-0.15, -0.1) is 0 Å². The number of fused-ring (bicyclic) bond motifs is 1. The van der Waals surface area contributed by atoms with Crippen LogP contribution in [0.4, 0.5) is 0 Å². The van der Waals surface area contributed by atoms with E-state index < -0.39 is 98.7 Å². The summed E-state index contributed by atoms with van der Waals surface area (Å²) in [5.41, 5.74) is 0.723. The number of methoxy groups -OCH3 is 1. The van der Waals surface area contributed by atoms with Crippen LogP contribution in [0.2, 0.25) is 0 Å². The predicted molar refractivity (Wildman–Crippen MR) is 119 cm³/mol. The molecule has 4 rings (SSSR count). The van der Waals surface area contributed by atoms with Crippen LogP contribution in [-0.2, 0) is 33.2 Å². The third-order valence-electron chi connectivity index (χ3n) is 7.32. The average molecular weight is 551 g/mol.